The van der Waals surface area contributed by atoms with Crippen molar-refractivity contribution >= 4 is 11.9 Å². The molecule has 2 unspecified atom stereocenters. The van der Waals surface area contributed by atoms with Gasteiger partial charge >= 0.3 is 6.03 Å². The van der Waals surface area contributed by atoms with E-state index in [4.69, 9.17) is 0 Å². The zero-order chi connectivity index (χ0) is 18.7. The van der Waals surface area contributed by atoms with Gasteiger partial charge in [0.05, 0.1) is 0 Å². The van der Waals surface area contributed by atoms with Gasteiger partial charge in [0, 0.05) is 25.2 Å². The van der Waals surface area contributed by atoms with Crippen LogP contribution in [0.1, 0.15) is 50.5 Å². The van der Waals surface area contributed by atoms with E-state index >= 15 is 0 Å². The molecule has 6 heteroatoms. The van der Waals surface area contributed by atoms with Crippen LogP contribution in [0, 0.1) is 0 Å². The van der Waals surface area contributed by atoms with Gasteiger partial charge < -0.3 is 20.9 Å². The summed E-state index contributed by atoms with van der Waals surface area (Å²) in [5.41, 5.74) is 0.322. The first-order valence-electron chi connectivity index (χ1n) is 10.3. The molecule has 1 aliphatic carbocycles. The van der Waals surface area contributed by atoms with E-state index in [1.165, 1.54) is 0 Å². The first-order valence-corrected chi connectivity index (χ1v) is 10.3. The smallest absolute Gasteiger partial charge is 0.315 e. The lowest BCUT2D eigenvalue weighted by atomic mass is 9.94. The molecular weight excluding hydrogens is 340 g/mol. The fraction of sp³-hybridized carbons (Fsp3) is 0.619. The van der Waals surface area contributed by atoms with E-state index in [2.05, 4.69) is 20.9 Å². The maximum atomic E-state index is 13.6. The minimum atomic E-state index is -0.730. The van der Waals surface area contributed by atoms with Crippen LogP contribution in [0.3, 0.4) is 0 Å². The molecule has 3 fully saturated rings. The van der Waals surface area contributed by atoms with Crippen molar-refractivity contribution in [2.24, 2.45) is 0 Å². The van der Waals surface area contributed by atoms with E-state index in [0.717, 1.165) is 63.6 Å². The number of fused-ring (bicyclic) bond motifs is 2. The summed E-state index contributed by atoms with van der Waals surface area (Å²) in [6, 6.07) is 10.2. The molecule has 2 heterocycles. The number of carbonyl (C=O) groups excluding carboxylic acids is 2. The van der Waals surface area contributed by atoms with Gasteiger partial charge in [0.15, 0.2) is 0 Å². The van der Waals surface area contributed by atoms with Crippen molar-refractivity contribution in [3.05, 3.63) is 35.9 Å². The zero-order valence-electron chi connectivity index (χ0n) is 15.9. The number of nitrogens with zero attached hydrogens (tertiary/aromatic N) is 1. The number of urea groups is 1. The average Bonchev–Trinajstić information content (AvgIpc) is 3.24. The molecule has 1 aromatic carbocycles. The molecule has 27 heavy (non-hydrogen) atoms. The summed E-state index contributed by atoms with van der Waals surface area (Å²) in [5.74, 6) is 0.145. The van der Waals surface area contributed by atoms with Gasteiger partial charge in [0.25, 0.3) is 0 Å². The van der Waals surface area contributed by atoms with Gasteiger partial charge in [-0.2, -0.15) is 0 Å². The van der Waals surface area contributed by atoms with Crippen molar-refractivity contribution in [2.45, 2.75) is 69.1 Å². The Labute approximate surface area is 161 Å². The second-order valence-corrected chi connectivity index (χ2v) is 8.17. The molecule has 3 N–H and O–H groups in total. The molecule has 1 aromatic rings. The number of hydrogen-bond acceptors (Lipinski definition) is 3. The van der Waals surface area contributed by atoms with Crippen LogP contribution in [0.25, 0.3) is 0 Å². The van der Waals surface area contributed by atoms with E-state index in [1.54, 1.807) is 0 Å². The third-order valence-corrected chi connectivity index (χ3v) is 6.40. The Morgan fingerprint density at radius 1 is 1.07 bits per heavy atom. The summed E-state index contributed by atoms with van der Waals surface area (Å²) in [6.45, 7) is 2.32. The fourth-order valence-corrected chi connectivity index (χ4v) is 4.97. The highest BCUT2D eigenvalue weighted by Gasteiger charge is 2.49. The molecule has 4 rings (SSSR count). The molecule has 3 amide bonds. The Hall–Kier alpha value is -2.08. The Balaban J connectivity index is 1.44. The topological polar surface area (TPSA) is 73.5 Å². The average molecular weight is 370 g/mol. The first kappa shape index (κ1) is 18.3. The van der Waals surface area contributed by atoms with Crippen LogP contribution in [0.15, 0.2) is 30.3 Å². The number of benzene rings is 1. The van der Waals surface area contributed by atoms with Crippen molar-refractivity contribution in [1.82, 2.24) is 20.9 Å². The van der Waals surface area contributed by atoms with Gasteiger partial charge in [0.1, 0.15) is 5.54 Å². The summed E-state index contributed by atoms with van der Waals surface area (Å²) in [6.07, 6.45) is 6.65. The second-order valence-electron chi connectivity index (χ2n) is 8.17. The monoisotopic (exact) mass is 370 g/mol. The van der Waals surface area contributed by atoms with Crippen LogP contribution >= 0.6 is 0 Å². The van der Waals surface area contributed by atoms with Crippen molar-refractivity contribution < 1.29 is 9.59 Å². The van der Waals surface area contributed by atoms with E-state index in [0.29, 0.717) is 12.6 Å². The summed E-state index contributed by atoms with van der Waals surface area (Å²) >= 11 is 0. The van der Waals surface area contributed by atoms with E-state index < -0.39 is 5.54 Å². The number of nitrogens with one attached hydrogen (secondary N) is 3. The SMILES string of the molecule is O=C(NCc1ccccc1)NC1(C(=O)N2C3CCNCC2CC3)CCCC1. The summed E-state index contributed by atoms with van der Waals surface area (Å²) in [5, 5.41) is 9.47. The third kappa shape index (κ3) is 3.81. The predicted molar refractivity (Wildman–Crippen MR) is 104 cm³/mol. The standard InChI is InChI=1S/C21H30N4O2/c26-19(25-17-8-9-18(25)15-22-13-10-17)21(11-4-5-12-21)24-20(27)23-14-16-6-2-1-3-7-16/h1-3,6-7,17-18,22H,4-5,8-15H2,(H2,23,24,27). The van der Waals surface area contributed by atoms with Gasteiger partial charge in [-0.3, -0.25) is 4.79 Å². The number of carbonyl (C=O) groups is 2. The third-order valence-electron chi connectivity index (χ3n) is 6.40. The zero-order valence-corrected chi connectivity index (χ0v) is 15.9. The number of rotatable bonds is 4. The van der Waals surface area contributed by atoms with Crippen LogP contribution in [-0.4, -0.2) is 47.6 Å². The van der Waals surface area contributed by atoms with Crippen molar-refractivity contribution in [3.8, 4) is 0 Å². The van der Waals surface area contributed by atoms with E-state index in [1.807, 2.05) is 30.3 Å². The molecular formula is C21H30N4O2. The van der Waals surface area contributed by atoms with E-state index in [-0.39, 0.29) is 18.0 Å². The Kier molecular flexibility index (Phi) is 5.34. The normalized spacial score (nSPS) is 26.4. The quantitative estimate of drug-likeness (QED) is 0.760. The molecule has 3 aliphatic rings. The summed E-state index contributed by atoms with van der Waals surface area (Å²) in [4.78, 5) is 28.3. The molecule has 2 atom stereocenters. The van der Waals surface area contributed by atoms with Gasteiger partial charge in [0.2, 0.25) is 5.91 Å². The predicted octanol–water partition coefficient (Wildman–Crippen LogP) is 2.15. The van der Waals surface area contributed by atoms with Gasteiger partial charge in [-0.15, -0.1) is 0 Å². The van der Waals surface area contributed by atoms with E-state index in [9.17, 15) is 9.59 Å². The lowest BCUT2D eigenvalue weighted by molar-refractivity contribution is -0.140. The molecule has 0 aromatic heterocycles. The van der Waals surface area contributed by atoms with Crippen LogP contribution in [0.2, 0.25) is 0 Å². The highest BCUT2D eigenvalue weighted by Crippen LogP contribution is 2.37. The minimum Gasteiger partial charge on any atom is -0.334 e. The molecule has 1 saturated carbocycles. The van der Waals surface area contributed by atoms with Crippen LogP contribution in [0.4, 0.5) is 4.79 Å². The molecule has 6 nitrogen and oxygen atoms in total. The Morgan fingerprint density at radius 3 is 2.59 bits per heavy atom. The molecule has 0 radical (unpaired) electrons. The molecule has 2 bridgehead atoms. The Morgan fingerprint density at radius 2 is 1.81 bits per heavy atom. The van der Waals surface area contributed by atoms with Crippen molar-refractivity contribution in [2.75, 3.05) is 13.1 Å². The maximum absolute atomic E-state index is 13.6. The minimum absolute atomic E-state index is 0.145. The summed E-state index contributed by atoms with van der Waals surface area (Å²) < 4.78 is 0. The van der Waals surface area contributed by atoms with Gasteiger partial charge in [-0.25, -0.2) is 4.79 Å². The fourth-order valence-electron chi connectivity index (χ4n) is 4.97. The van der Waals surface area contributed by atoms with Crippen molar-refractivity contribution in [1.29, 1.82) is 0 Å². The largest absolute Gasteiger partial charge is 0.334 e. The van der Waals surface area contributed by atoms with Gasteiger partial charge in [-0.1, -0.05) is 43.2 Å². The summed E-state index contributed by atoms with van der Waals surface area (Å²) in [7, 11) is 0. The molecule has 2 aliphatic heterocycles. The lowest BCUT2D eigenvalue weighted by Gasteiger charge is -2.38. The molecule has 0 spiro atoms. The second kappa shape index (κ2) is 7.89. The molecule has 146 valence electrons. The number of amides is 3. The highest BCUT2D eigenvalue weighted by atomic mass is 16.2. The first-order chi connectivity index (χ1) is 13.2. The number of hydrogen-bond donors (Lipinski definition) is 3. The van der Waals surface area contributed by atoms with Crippen molar-refractivity contribution in [3.63, 3.8) is 0 Å². The maximum Gasteiger partial charge on any atom is 0.315 e. The highest BCUT2D eigenvalue weighted by molar-refractivity contribution is 5.92. The molecule has 2 saturated heterocycles. The van der Waals surface area contributed by atoms with Crippen LogP contribution in [-0.2, 0) is 11.3 Å². The van der Waals surface area contributed by atoms with Crippen LogP contribution in [0.5, 0.6) is 0 Å². The lowest BCUT2D eigenvalue weighted by Crippen LogP contribution is -2.62. The van der Waals surface area contributed by atoms with Crippen LogP contribution < -0.4 is 16.0 Å². The van der Waals surface area contributed by atoms with Gasteiger partial charge in [-0.05, 0) is 44.2 Å². The Bertz CT molecular complexity index is 658.